The lowest BCUT2D eigenvalue weighted by atomic mass is 10.4. The van der Waals surface area contributed by atoms with Gasteiger partial charge in [0.2, 0.25) is 0 Å². The number of benzene rings is 4. The van der Waals surface area contributed by atoms with Gasteiger partial charge in [0.05, 0.1) is 0 Å². The van der Waals surface area contributed by atoms with Crippen LogP contribution in [0, 0.1) is 0 Å². The first-order valence-electron chi connectivity index (χ1n) is 10.5. The third-order valence-corrected chi connectivity index (χ3v) is 14.9. The summed E-state index contributed by atoms with van der Waals surface area (Å²) in [6, 6.07) is 44.7. The molecule has 0 aromatic heterocycles. The monoisotopic (exact) mass is 424 g/mol. The van der Waals surface area contributed by atoms with Crippen molar-refractivity contribution in [3.8, 4) is 0 Å². The summed E-state index contributed by atoms with van der Waals surface area (Å²) in [5.41, 5.74) is 0. The second-order valence-electron chi connectivity index (χ2n) is 7.83. The molecule has 1 aliphatic heterocycles. The van der Waals surface area contributed by atoms with Gasteiger partial charge in [0, 0.05) is 0 Å². The molecule has 0 amide bonds. The molecule has 30 heavy (non-hydrogen) atoms. The highest BCUT2D eigenvalue weighted by molar-refractivity contribution is 7.98. The molecular weight excluding hydrogens is 398 g/mol. The Morgan fingerprint density at radius 1 is 0.333 bits per heavy atom. The van der Waals surface area contributed by atoms with Crippen LogP contribution in [0.4, 0.5) is 0 Å². The fourth-order valence-electron chi connectivity index (χ4n) is 4.63. The molecule has 1 aliphatic rings. The third kappa shape index (κ3) is 3.35. The van der Waals surface area contributed by atoms with Gasteiger partial charge in [0.25, 0.3) is 0 Å². The van der Waals surface area contributed by atoms with Gasteiger partial charge in [-0.25, -0.2) is 0 Å². The summed E-state index contributed by atoms with van der Waals surface area (Å²) < 4.78 is 0. The zero-order chi connectivity index (χ0) is 20.3. The standard InChI is InChI=1S/C28H26P2/c1-5-13-25(14-6-1)29(26-15-7-2-8-16-26)21-23-30(24-22-29,27-17-9-3-10-18-27)28-19-11-4-12-20-28/h1-21,23H,22,24H2/q+2. The Morgan fingerprint density at radius 3 is 0.767 bits per heavy atom. The molecule has 1 heterocycles. The molecule has 0 N–H and O–H groups in total. The molecule has 0 aliphatic carbocycles. The molecule has 0 unspecified atom stereocenters. The Hall–Kier alpha value is -2.52. The minimum atomic E-state index is -1.57. The van der Waals surface area contributed by atoms with Gasteiger partial charge >= 0.3 is 0 Å². The van der Waals surface area contributed by atoms with Gasteiger partial charge in [-0.15, -0.1) is 0 Å². The lowest BCUT2D eigenvalue weighted by molar-refractivity contribution is 1.46. The predicted molar refractivity (Wildman–Crippen MR) is 137 cm³/mol. The second-order valence-corrected chi connectivity index (χ2v) is 14.9. The van der Waals surface area contributed by atoms with E-state index in [9.17, 15) is 0 Å². The van der Waals surface area contributed by atoms with Crippen molar-refractivity contribution in [2.24, 2.45) is 0 Å². The molecule has 146 valence electrons. The van der Waals surface area contributed by atoms with E-state index < -0.39 is 14.5 Å². The molecule has 2 heteroatoms. The Kier molecular flexibility index (Phi) is 5.39. The van der Waals surface area contributed by atoms with E-state index in [0.29, 0.717) is 0 Å². The van der Waals surface area contributed by atoms with Gasteiger partial charge in [0.15, 0.2) is 0 Å². The molecule has 0 radical (unpaired) electrons. The van der Waals surface area contributed by atoms with Crippen molar-refractivity contribution >= 4 is 35.7 Å². The van der Waals surface area contributed by atoms with E-state index in [-0.39, 0.29) is 0 Å². The normalized spacial score (nSPS) is 16.8. The third-order valence-electron chi connectivity index (χ3n) is 6.25. The summed E-state index contributed by atoms with van der Waals surface area (Å²) in [6.07, 6.45) is 2.43. The summed E-state index contributed by atoms with van der Waals surface area (Å²) in [5, 5.41) is 5.97. The first-order valence-corrected chi connectivity index (χ1v) is 14.6. The Balaban J connectivity index is 1.70. The first-order chi connectivity index (χ1) is 14.8. The summed E-state index contributed by atoms with van der Waals surface area (Å²) >= 11 is 0. The largest absolute Gasteiger partial charge is 0.111 e. The quantitative estimate of drug-likeness (QED) is 0.363. The van der Waals surface area contributed by atoms with Crippen molar-refractivity contribution in [3.05, 3.63) is 133 Å². The van der Waals surface area contributed by atoms with Gasteiger partial charge in [-0.3, -0.25) is 0 Å². The minimum absolute atomic E-state index is 1.22. The van der Waals surface area contributed by atoms with E-state index in [2.05, 4.69) is 133 Å². The van der Waals surface area contributed by atoms with Gasteiger partial charge in [-0.05, 0) is 48.5 Å². The molecule has 4 aromatic carbocycles. The highest BCUT2D eigenvalue weighted by Gasteiger charge is 2.53. The van der Waals surface area contributed by atoms with E-state index in [1.54, 1.807) is 0 Å². The SMILES string of the molecule is C1=C[P+](c2ccccc2)(c2ccccc2)CC[P+]1(c1ccccc1)c1ccccc1. The van der Waals surface area contributed by atoms with Crippen molar-refractivity contribution in [1.29, 1.82) is 0 Å². The van der Waals surface area contributed by atoms with Gasteiger partial charge in [-0.1, -0.05) is 72.8 Å². The topological polar surface area (TPSA) is 0 Å². The highest BCUT2D eigenvalue weighted by atomic mass is 31.2. The van der Waals surface area contributed by atoms with Gasteiger partial charge in [-0.2, -0.15) is 0 Å². The molecule has 0 saturated carbocycles. The average molecular weight is 424 g/mol. The molecule has 0 bridgehead atoms. The van der Waals surface area contributed by atoms with Crippen molar-refractivity contribution in [2.45, 2.75) is 0 Å². The van der Waals surface area contributed by atoms with Crippen LogP contribution < -0.4 is 21.2 Å². The Bertz CT molecular complexity index is 948. The summed E-state index contributed by atoms with van der Waals surface area (Å²) in [4.78, 5) is 0. The van der Waals surface area contributed by atoms with E-state index in [0.717, 1.165) is 0 Å². The van der Waals surface area contributed by atoms with E-state index >= 15 is 0 Å². The van der Waals surface area contributed by atoms with Crippen LogP contribution in [0.15, 0.2) is 133 Å². The van der Waals surface area contributed by atoms with Crippen LogP contribution in [0.5, 0.6) is 0 Å². The molecule has 0 fully saturated rings. The highest BCUT2D eigenvalue weighted by Crippen LogP contribution is 2.70. The zero-order valence-electron chi connectivity index (χ0n) is 17.0. The van der Waals surface area contributed by atoms with Gasteiger partial charge < -0.3 is 0 Å². The Morgan fingerprint density at radius 2 is 0.567 bits per heavy atom. The molecule has 0 spiro atoms. The Labute approximate surface area is 181 Å². The van der Waals surface area contributed by atoms with Crippen LogP contribution in [0.1, 0.15) is 0 Å². The van der Waals surface area contributed by atoms with Crippen LogP contribution >= 0.6 is 14.5 Å². The predicted octanol–water partition coefficient (Wildman–Crippen LogP) is 5.81. The lowest BCUT2D eigenvalue weighted by Crippen LogP contribution is -2.32. The van der Waals surface area contributed by atoms with Crippen LogP contribution in [0.3, 0.4) is 0 Å². The molecule has 4 aromatic rings. The van der Waals surface area contributed by atoms with Crippen LogP contribution in [0.2, 0.25) is 0 Å². The maximum atomic E-state index is 2.63. The van der Waals surface area contributed by atoms with E-state index in [1.807, 2.05) is 0 Å². The molecule has 0 atom stereocenters. The van der Waals surface area contributed by atoms with Crippen molar-refractivity contribution < 1.29 is 0 Å². The van der Waals surface area contributed by atoms with E-state index in [1.165, 1.54) is 33.5 Å². The van der Waals surface area contributed by atoms with Crippen LogP contribution in [-0.2, 0) is 0 Å². The van der Waals surface area contributed by atoms with E-state index in [4.69, 9.17) is 0 Å². The van der Waals surface area contributed by atoms with Crippen molar-refractivity contribution in [2.75, 3.05) is 12.3 Å². The first kappa shape index (κ1) is 19.4. The number of hydrogen-bond acceptors (Lipinski definition) is 0. The molecule has 0 nitrogen and oxygen atoms in total. The lowest BCUT2D eigenvalue weighted by Gasteiger charge is -2.32. The smallest absolute Gasteiger partial charge is 0.0620 e. The second kappa shape index (κ2) is 8.31. The van der Waals surface area contributed by atoms with Crippen LogP contribution in [-0.4, -0.2) is 12.3 Å². The number of rotatable bonds is 4. The number of hydrogen-bond donors (Lipinski definition) is 0. The fourth-order valence-corrected chi connectivity index (χ4v) is 14.4. The maximum Gasteiger partial charge on any atom is 0.111 e. The summed E-state index contributed by atoms with van der Waals surface area (Å²) in [7, 11) is -3.14. The molecule has 0 saturated heterocycles. The zero-order valence-corrected chi connectivity index (χ0v) is 18.8. The molecular formula is C28H26P2+2. The van der Waals surface area contributed by atoms with Crippen molar-refractivity contribution in [3.63, 3.8) is 0 Å². The van der Waals surface area contributed by atoms with Crippen molar-refractivity contribution in [1.82, 2.24) is 0 Å². The summed E-state index contributed by atoms with van der Waals surface area (Å²) in [6.45, 7) is 0. The molecule has 5 rings (SSSR count). The van der Waals surface area contributed by atoms with Crippen LogP contribution in [0.25, 0.3) is 0 Å². The fraction of sp³-hybridized carbons (Fsp3) is 0.0714. The maximum absolute atomic E-state index is 2.63. The van der Waals surface area contributed by atoms with Gasteiger partial charge in [0.1, 0.15) is 59.7 Å². The minimum Gasteiger partial charge on any atom is -0.0620 e. The average Bonchev–Trinajstić information content (AvgIpc) is 2.86. The summed E-state index contributed by atoms with van der Waals surface area (Å²) in [5.74, 6) is 5.27.